The molecule has 9 nitrogen and oxygen atoms in total. The van der Waals surface area contributed by atoms with E-state index >= 15 is 0 Å². The molecule has 0 bridgehead atoms. The van der Waals surface area contributed by atoms with Gasteiger partial charge in [-0.1, -0.05) is 23.7 Å². The van der Waals surface area contributed by atoms with E-state index in [-0.39, 0.29) is 18.9 Å². The number of nitrogens with zero attached hydrogens (tertiary/aromatic N) is 6. The zero-order valence-corrected chi connectivity index (χ0v) is 17.9. The van der Waals surface area contributed by atoms with Crippen molar-refractivity contribution in [2.24, 2.45) is 0 Å². The summed E-state index contributed by atoms with van der Waals surface area (Å²) in [5.74, 6) is 0.819. The Morgan fingerprint density at radius 1 is 1.06 bits per heavy atom. The molecule has 0 unspecified atom stereocenters. The Kier molecular flexibility index (Phi) is 6.02. The number of ether oxygens (including phenoxy) is 2. The molecule has 4 heterocycles. The van der Waals surface area contributed by atoms with Gasteiger partial charge >= 0.3 is 0 Å². The molecule has 2 saturated heterocycles. The number of halogens is 1. The standard InChI is InChI=1S/C21H25ClN6O3/c22-16-3-1-15(2-4-16)9-26-10-17(12-29)31-18(11-26)28-14-25-19-20(23-13-24-21(19)28)27-5-7-30-8-6-27/h1-4,13-14,17-18,29H,5-12H2/t17-,18+/m0/s1. The van der Waals surface area contributed by atoms with Crippen LogP contribution in [0, 0.1) is 0 Å². The molecular formula is C21H25ClN6O3. The van der Waals surface area contributed by atoms with Crippen LogP contribution in [0.4, 0.5) is 5.82 Å². The monoisotopic (exact) mass is 444 g/mol. The van der Waals surface area contributed by atoms with Crippen LogP contribution in [0.15, 0.2) is 36.9 Å². The van der Waals surface area contributed by atoms with E-state index in [2.05, 4.69) is 24.8 Å². The minimum atomic E-state index is -0.310. The molecule has 2 atom stereocenters. The molecule has 164 valence electrons. The molecule has 2 aromatic heterocycles. The van der Waals surface area contributed by atoms with Gasteiger partial charge in [-0.25, -0.2) is 15.0 Å². The van der Waals surface area contributed by atoms with E-state index in [1.54, 1.807) is 12.7 Å². The normalized spacial score (nSPS) is 22.8. The Morgan fingerprint density at radius 3 is 2.65 bits per heavy atom. The highest BCUT2D eigenvalue weighted by Crippen LogP contribution is 2.28. The van der Waals surface area contributed by atoms with E-state index in [1.807, 2.05) is 28.8 Å². The Morgan fingerprint density at radius 2 is 1.87 bits per heavy atom. The second-order valence-corrected chi connectivity index (χ2v) is 8.27. The third-order valence-corrected chi connectivity index (χ3v) is 5.96. The summed E-state index contributed by atoms with van der Waals surface area (Å²) in [5, 5.41) is 10.5. The van der Waals surface area contributed by atoms with E-state index in [0.29, 0.717) is 26.3 Å². The molecule has 1 aromatic carbocycles. The Hall–Kier alpha value is -2.30. The predicted octanol–water partition coefficient (Wildman–Crippen LogP) is 1.71. The highest BCUT2D eigenvalue weighted by atomic mass is 35.5. The fraction of sp³-hybridized carbons (Fsp3) is 0.476. The maximum absolute atomic E-state index is 9.82. The Bertz CT molecular complexity index is 1020. The molecule has 1 N–H and O–H groups in total. The Labute approximate surface area is 185 Å². The van der Waals surface area contributed by atoms with Gasteiger partial charge in [0.1, 0.15) is 12.6 Å². The number of hydrogen-bond acceptors (Lipinski definition) is 8. The summed E-state index contributed by atoms with van der Waals surface area (Å²) < 4.78 is 13.6. The molecule has 0 radical (unpaired) electrons. The van der Waals surface area contributed by atoms with Crippen molar-refractivity contribution in [1.82, 2.24) is 24.4 Å². The van der Waals surface area contributed by atoms with E-state index in [1.165, 1.54) is 0 Å². The van der Waals surface area contributed by atoms with Crippen LogP contribution < -0.4 is 4.90 Å². The number of morpholine rings is 2. The summed E-state index contributed by atoms with van der Waals surface area (Å²) in [5.41, 5.74) is 2.64. The van der Waals surface area contributed by atoms with Gasteiger partial charge in [0.25, 0.3) is 0 Å². The number of fused-ring (bicyclic) bond motifs is 1. The maximum Gasteiger partial charge on any atom is 0.167 e. The number of imidazole rings is 1. The van der Waals surface area contributed by atoms with Crippen molar-refractivity contribution in [3.63, 3.8) is 0 Å². The van der Waals surface area contributed by atoms with Crippen LogP contribution >= 0.6 is 11.6 Å². The lowest BCUT2D eigenvalue weighted by molar-refractivity contribution is -0.135. The zero-order valence-electron chi connectivity index (χ0n) is 17.1. The molecule has 3 aromatic rings. The number of rotatable bonds is 5. The lowest BCUT2D eigenvalue weighted by Gasteiger charge is -2.38. The molecule has 5 rings (SSSR count). The molecule has 2 aliphatic heterocycles. The number of aliphatic hydroxyl groups excluding tert-OH is 1. The van der Waals surface area contributed by atoms with Crippen molar-refractivity contribution in [1.29, 1.82) is 0 Å². The van der Waals surface area contributed by atoms with Crippen molar-refractivity contribution in [2.45, 2.75) is 18.9 Å². The first-order chi connectivity index (χ1) is 15.2. The molecule has 10 heteroatoms. The average molecular weight is 445 g/mol. The summed E-state index contributed by atoms with van der Waals surface area (Å²) in [4.78, 5) is 18.0. The smallest absolute Gasteiger partial charge is 0.167 e. The third-order valence-electron chi connectivity index (χ3n) is 5.71. The quantitative estimate of drug-likeness (QED) is 0.636. The van der Waals surface area contributed by atoms with E-state index in [0.717, 1.165) is 47.2 Å². The second kappa shape index (κ2) is 9.05. The van der Waals surface area contributed by atoms with Gasteiger partial charge in [0, 0.05) is 37.7 Å². The third kappa shape index (κ3) is 4.37. The molecule has 0 amide bonds. The van der Waals surface area contributed by atoms with Gasteiger partial charge in [-0.3, -0.25) is 9.47 Å². The van der Waals surface area contributed by atoms with E-state index in [9.17, 15) is 5.11 Å². The van der Waals surface area contributed by atoms with Crippen molar-refractivity contribution in [3.8, 4) is 0 Å². The van der Waals surface area contributed by atoms with Crippen LogP contribution in [0.1, 0.15) is 11.8 Å². The highest BCUT2D eigenvalue weighted by Gasteiger charge is 2.30. The molecule has 0 aliphatic carbocycles. The molecular weight excluding hydrogens is 420 g/mol. The minimum absolute atomic E-state index is 0.0474. The first-order valence-corrected chi connectivity index (χ1v) is 10.8. The molecule has 0 spiro atoms. The summed E-state index contributed by atoms with van der Waals surface area (Å²) in [6.45, 7) is 4.91. The average Bonchev–Trinajstić information content (AvgIpc) is 3.25. The lowest BCUT2D eigenvalue weighted by Crippen LogP contribution is -2.46. The van der Waals surface area contributed by atoms with Gasteiger partial charge in [-0.05, 0) is 17.7 Å². The second-order valence-electron chi connectivity index (χ2n) is 7.84. The number of aliphatic hydroxyl groups is 1. The van der Waals surface area contributed by atoms with Gasteiger partial charge in [0.05, 0.1) is 32.3 Å². The van der Waals surface area contributed by atoms with Gasteiger partial charge in [-0.2, -0.15) is 0 Å². The van der Waals surface area contributed by atoms with Crippen LogP contribution in [-0.4, -0.2) is 81.6 Å². The fourth-order valence-corrected chi connectivity index (χ4v) is 4.31. The van der Waals surface area contributed by atoms with Gasteiger partial charge < -0.3 is 19.5 Å². The SMILES string of the molecule is OC[C@@H]1CN(Cc2ccc(Cl)cc2)C[C@H](n2cnc3c(N4CCOCC4)ncnc32)O1. The topological polar surface area (TPSA) is 88.8 Å². The number of hydrogen-bond donors (Lipinski definition) is 1. The minimum Gasteiger partial charge on any atom is -0.394 e. The van der Waals surface area contributed by atoms with Crippen LogP contribution in [0.3, 0.4) is 0 Å². The molecule has 31 heavy (non-hydrogen) atoms. The molecule has 0 saturated carbocycles. The predicted molar refractivity (Wildman–Crippen MR) is 116 cm³/mol. The summed E-state index contributed by atoms with van der Waals surface area (Å²) in [6.07, 6.45) is 2.73. The number of anilines is 1. The summed E-state index contributed by atoms with van der Waals surface area (Å²) in [7, 11) is 0. The maximum atomic E-state index is 9.82. The zero-order chi connectivity index (χ0) is 21.2. The van der Waals surface area contributed by atoms with E-state index < -0.39 is 0 Å². The van der Waals surface area contributed by atoms with Crippen molar-refractivity contribution < 1.29 is 14.6 Å². The highest BCUT2D eigenvalue weighted by molar-refractivity contribution is 6.30. The van der Waals surface area contributed by atoms with E-state index in [4.69, 9.17) is 21.1 Å². The Balaban J connectivity index is 1.40. The van der Waals surface area contributed by atoms with Gasteiger partial charge in [0.15, 0.2) is 17.0 Å². The fourth-order valence-electron chi connectivity index (χ4n) is 4.18. The molecule has 2 aliphatic rings. The molecule has 2 fully saturated rings. The summed E-state index contributed by atoms with van der Waals surface area (Å²) >= 11 is 6.02. The summed E-state index contributed by atoms with van der Waals surface area (Å²) in [6, 6.07) is 7.84. The van der Waals surface area contributed by atoms with Crippen molar-refractivity contribution in [3.05, 3.63) is 47.5 Å². The van der Waals surface area contributed by atoms with Crippen LogP contribution in [0.25, 0.3) is 11.2 Å². The van der Waals surface area contributed by atoms with Crippen LogP contribution in [0.5, 0.6) is 0 Å². The first kappa shape index (κ1) is 20.6. The lowest BCUT2D eigenvalue weighted by atomic mass is 10.2. The van der Waals surface area contributed by atoms with Gasteiger partial charge in [0.2, 0.25) is 0 Å². The van der Waals surface area contributed by atoms with Gasteiger partial charge in [-0.15, -0.1) is 0 Å². The first-order valence-electron chi connectivity index (χ1n) is 10.4. The number of benzene rings is 1. The van der Waals surface area contributed by atoms with Crippen molar-refractivity contribution in [2.75, 3.05) is 50.9 Å². The number of aromatic nitrogens is 4. The largest absolute Gasteiger partial charge is 0.394 e. The van der Waals surface area contributed by atoms with Crippen molar-refractivity contribution >= 4 is 28.6 Å². The van der Waals surface area contributed by atoms with Crippen LogP contribution in [-0.2, 0) is 16.0 Å². The van der Waals surface area contributed by atoms with Crippen LogP contribution in [0.2, 0.25) is 5.02 Å².